The van der Waals surface area contributed by atoms with Crippen molar-refractivity contribution < 1.29 is 23.9 Å². The van der Waals surface area contributed by atoms with Gasteiger partial charge in [-0.15, -0.1) is 0 Å². The molecule has 8 nitrogen and oxygen atoms in total. The number of carbonyl (C=O) groups excluding carboxylic acids is 4. The molecule has 0 aromatic heterocycles. The summed E-state index contributed by atoms with van der Waals surface area (Å²) in [4.78, 5) is 53.1. The zero-order valence-corrected chi connectivity index (χ0v) is 21.5. The molecule has 11 heteroatoms. The zero-order chi connectivity index (χ0) is 25.7. The first-order chi connectivity index (χ1) is 17.3. The summed E-state index contributed by atoms with van der Waals surface area (Å²) in [5.74, 6) is -0.933. The van der Waals surface area contributed by atoms with E-state index in [1.807, 2.05) is 0 Å². The van der Waals surface area contributed by atoms with Crippen LogP contribution in [0, 0.1) is 0 Å². The smallest absolute Gasteiger partial charge is 0.294 e. The second kappa shape index (κ2) is 11.8. The van der Waals surface area contributed by atoms with Gasteiger partial charge < -0.3 is 15.0 Å². The van der Waals surface area contributed by atoms with Crippen LogP contribution in [0.25, 0.3) is 6.08 Å². The highest BCUT2D eigenvalue weighted by Gasteiger charge is 2.37. The van der Waals surface area contributed by atoms with E-state index in [1.165, 1.54) is 6.08 Å². The molecular weight excluding hydrogens is 525 g/mol. The first kappa shape index (κ1) is 26.1. The van der Waals surface area contributed by atoms with Crippen LogP contribution in [0.1, 0.15) is 24.8 Å². The molecule has 2 aliphatic heterocycles. The van der Waals surface area contributed by atoms with Gasteiger partial charge in [0.15, 0.2) is 6.61 Å². The van der Waals surface area contributed by atoms with E-state index in [2.05, 4.69) is 5.32 Å². The molecule has 2 aliphatic rings. The number of nitrogens with zero attached hydrogens (tertiary/aromatic N) is 2. The predicted molar refractivity (Wildman–Crippen MR) is 140 cm³/mol. The number of thioether (sulfide) groups is 1. The van der Waals surface area contributed by atoms with Crippen LogP contribution in [0.15, 0.2) is 47.4 Å². The van der Waals surface area contributed by atoms with E-state index in [9.17, 15) is 19.2 Å². The second-order valence-corrected chi connectivity index (χ2v) is 10.0. The van der Waals surface area contributed by atoms with Crippen LogP contribution in [0.3, 0.4) is 0 Å². The van der Waals surface area contributed by atoms with E-state index < -0.39 is 17.1 Å². The standard InChI is InChI=1S/C25H23Cl2N3O5S/c26-17-8-9-20(35-15-22(31)28-19-7-3-2-6-18(19)27)16(12-17)13-21-24(33)30(25(34)36-21)14-23(32)29-10-4-1-5-11-29/h2-3,6-9,12-13H,1,4-5,10-11,14-15H2,(H,28,31)/b21-13-. The van der Waals surface area contributed by atoms with Crippen molar-refractivity contribution in [3.05, 3.63) is 63.0 Å². The zero-order valence-electron chi connectivity index (χ0n) is 19.2. The van der Waals surface area contributed by atoms with E-state index in [1.54, 1.807) is 47.4 Å². The van der Waals surface area contributed by atoms with E-state index in [4.69, 9.17) is 27.9 Å². The Hall–Kier alpha value is -3.01. The summed E-state index contributed by atoms with van der Waals surface area (Å²) in [7, 11) is 0. The third-order valence-electron chi connectivity index (χ3n) is 5.64. The summed E-state index contributed by atoms with van der Waals surface area (Å²) in [6, 6.07) is 11.5. The van der Waals surface area contributed by atoms with E-state index in [0.717, 1.165) is 35.9 Å². The summed E-state index contributed by atoms with van der Waals surface area (Å²) in [6.45, 7) is 0.666. The monoisotopic (exact) mass is 547 g/mol. The minimum absolute atomic E-state index is 0.138. The minimum Gasteiger partial charge on any atom is -0.483 e. The van der Waals surface area contributed by atoms with Crippen LogP contribution < -0.4 is 10.1 Å². The molecular formula is C25H23Cl2N3O5S. The van der Waals surface area contributed by atoms with Crippen LogP contribution in [0.2, 0.25) is 10.0 Å². The maximum atomic E-state index is 12.9. The number of carbonyl (C=O) groups is 4. The molecule has 0 unspecified atom stereocenters. The number of anilines is 1. The Kier molecular flexibility index (Phi) is 8.56. The number of nitrogens with one attached hydrogen (secondary N) is 1. The van der Waals surface area contributed by atoms with Crippen LogP contribution in [0.5, 0.6) is 5.75 Å². The van der Waals surface area contributed by atoms with Gasteiger partial charge in [-0.1, -0.05) is 35.3 Å². The van der Waals surface area contributed by atoms with Gasteiger partial charge in [-0.2, -0.15) is 0 Å². The molecule has 36 heavy (non-hydrogen) atoms. The van der Waals surface area contributed by atoms with E-state index in [-0.39, 0.29) is 24.0 Å². The SMILES string of the molecule is O=C(COc1ccc(Cl)cc1/C=C1\SC(=O)N(CC(=O)N2CCCCC2)C1=O)Nc1ccccc1Cl. The number of likely N-dealkylation sites (tertiary alicyclic amines) is 1. The van der Waals surface area contributed by atoms with Crippen molar-refractivity contribution in [3.8, 4) is 5.75 Å². The van der Waals surface area contributed by atoms with Crippen LogP contribution in [0.4, 0.5) is 10.5 Å². The van der Waals surface area contributed by atoms with Gasteiger partial charge in [0, 0.05) is 23.7 Å². The molecule has 188 valence electrons. The van der Waals surface area contributed by atoms with Crippen molar-refractivity contribution in [3.63, 3.8) is 0 Å². The summed E-state index contributed by atoms with van der Waals surface area (Å²) in [6.07, 6.45) is 4.38. The van der Waals surface area contributed by atoms with Crippen molar-refractivity contribution in [2.75, 3.05) is 31.6 Å². The predicted octanol–water partition coefficient (Wildman–Crippen LogP) is 5.06. The van der Waals surface area contributed by atoms with Gasteiger partial charge in [-0.3, -0.25) is 24.1 Å². The first-order valence-corrected chi connectivity index (χ1v) is 12.9. The van der Waals surface area contributed by atoms with Gasteiger partial charge in [0.1, 0.15) is 12.3 Å². The number of rotatable bonds is 7. The fourth-order valence-corrected chi connectivity index (χ4v) is 5.00. The topological polar surface area (TPSA) is 96.0 Å². The van der Waals surface area contributed by atoms with Crippen molar-refractivity contribution in [2.45, 2.75) is 19.3 Å². The molecule has 2 fully saturated rings. The molecule has 2 aromatic rings. The highest BCUT2D eigenvalue weighted by molar-refractivity contribution is 8.18. The van der Waals surface area contributed by atoms with Gasteiger partial charge in [-0.25, -0.2) is 0 Å². The Bertz CT molecular complexity index is 1230. The third-order valence-corrected chi connectivity index (χ3v) is 7.11. The number of hydrogen-bond donors (Lipinski definition) is 1. The molecule has 2 heterocycles. The van der Waals surface area contributed by atoms with E-state index in [0.29, 0.717) is 40.1 Å². The summed E-state index contributed by atoms with van der Waals surface area (Å²) >= 11 is 13.0. The maximum Gasteiger partial charge on any atom is 0.294 e. The molecule has 2 saturated heterocycles. The summed E-state index contributed by atoms with van der Waals surface area (Å²) in [5.41, 5.74) is 0.873. The van der Waals surface area contributed by atoms with Crippen molar-refractivity contribution in [1.82, 2.24) is 9.80 Å². The van der Waals surface area contributed by atoms with Crippen LogP contribution >= 0.6 is 35.0 Å². The molecule has 0 saturated carbocycles. The van der Waals surface area contributed by atoms with Gasteiger partial charge in [0.2, 0.25) is 5.91 Å². The highest BCUT2D eigenvalue weighted by Crippen LogP contribution is 2.35. The molecule has 0 aliphatic carbocycles. The largest absolute Gasteiger partial charge is 0.483 e. The van der Waals surface area contributed by atoms with Crippen molar-refractivity contribution >= 4 is 69.7 Å². The van der Waals surface area contributed by atoms with Gasteiger partial charge in [0.25, 0.3) is 17.1 Å². The molecule has 4 amide bonds. The molecule has 0 spiro atoms. The lowest BCUT2D eigenvalue weighted by Crippen LogP contribution is -2.44. The number of halogens is 2. The molecule has 0 bridgehead atoms. The Morgan fingerprint density at radius 2 is 1.81 bits per heavy atom. The first-order valence-electron chi connectivity index (χ1n) is 11.3. The molecule has 2 aromatic carbocycles. The number of amides is 4. The van der Waals surface area contributed by atoms with Crippen molar-refractivity contribution in [2.24, 2.45) is 0 Å². The van der Waals surface area contributed by atoms with Crippen LogP contribution in [-0.2, 0) is 14.4 Å². The van der Waals surface area contributed by atoms with Crippen LogP contribution in [-0.4, -0.2) is 59.0 Å². The Morgan fingerprint density at radius 1 is 1.06 bits per heavy atom. The molecule has 1 N–H and O–H groups in total. The summed E-state index contributed by atoms with van der Waals surface area (Å²) < 4.78 is 5.67. The van der Waals surface area contributed by atoms with Gasteiger partial charge in [0.05, 0.1) is 15.6 Å². The van der Waals surface area contributed by atoms with Gasteiger partial charge in [-0.05, 0) is 67.4 Å². The number of para-hydroxylation sites is 1. The molecule has 0 atom stereocenters. The number of piperidine rings is 1. The Labute approximate surface area is 222 Å². The number of imide groups is 1. The second-order valence-electron chi connectivity index (χ2n) is 8.21. The number of ether oxygens (including phenoxy) is 1. The average molecular weight is 548 g/mol. The molecule has 0 radical (unpaired) electrons. The Morgan fingerprint density at radius 3 is 2.56 bits per heavy atom. The number of hydrogen-bond acceptors (Lipinski definition) is 6. The van der Waals surface area contributed by atoms with E-state index >= 15 is 0 Å². The lowest BCUT2D eigenvalue weighted by Gasteiger charge is -2.27. The minimum atomic E-state index is -0.558. The Balaban J connectivity index is 1.44. The average Bonchev–Trinajstić information content (AvgIpc) is 3.12. The van der Waals surface area contributed by atoms with Crippen molar-refractivity contribution in [1.29, 1.82) is 0 Å². The maximum absolute atomic E-state index is 12.9. The lowest BCUT2D eigenvalue weighted by atomic mass is 10.1. The third kappa shape index (κ3) is 6.40. The summed E-state index contributed by atoms with van der Waals surface area (Å²) in [5, 5.41) is 2.93. The van der Waals surface area contributed by atoms with Gasteiger partial charge >= 0.3 is 0 Å². The lowest BCUT2D eigenvalue weighted by molar-refractivity contribution is -0.136. The normalized spacial score (nSPS) is 17.0. The fourth-order valence-electron chi connectivity index (χ4n) is 3.81. The molecule has 4 rings (SSSR count). The highest BCUT2D eigenvalue weighted by atomic mass is 35.5. The fraction of sp³-hybridized carbons (Fsp3) is 0.280. The quantitative estimate of drug-likeness (QED) is 0.486. The number of benzene rings is 2.